The second-order valence-electron chi connectivity index (χ2n) is 8.89. The molecule has 8 heteroatoms. The maximum atomic E-state index is 13.0. The SMILES string of the molecule is O=C(Nc1ccc(-c2cc(C3CCC3)n(C(=O)NCCc3ccccc3)n2)c(O)c1)c1cccnc1. The summed E-state index contributed by atoms with van der Waals surface area (Å²) in [6.45, 7) is 0.499. The average Bonchev–Trinajstić information content (AvgIpc) is 3.28. The number of benzene rings is 2. The first-order chi connectivity index (χ1) is 17.6. The average molecular weight is 482 g/mol. The summed E-state index contributed by atoms with van der Waals surface area (Å²) in [5.74, 6) is -0.0847. The van der Waals surface area contributed by atoms with E-state index in [1.807, 2.05) is 36.4 Å². The summed E-state index contributed by atoms with van der Waals surface area (Å²) in [4.78, 5) is 29.4. The van der Waals surface area contributed by atoms with Crippen LogP contribution in [0.1, 0.15) is 46.8 Å². The van der Waals surface area contributed by atoms with Crippen molar-refractivity contribution in [2.24, 2.45) is 0 Å². The highest BCUT2D eigenvalue weighted by Gasteiger charge is 2.27. The lowest BCUT2D eigenvalue weighted by Gasteiger charge is -2.25. The maximum Gasteiger partial charge on any atom is 0.342 e. The van der Waals surface area contributed by atoms with Crippen molar-refractivity contribution in [2.75, 3.05) is 11.9 Å². The zero-order chi connectivity index (χ0) is 24.9. The minimum atomic E-state index is -0.320. The number of carbonyl (C=O) groups excluding carboxylic acids is 2. The minimum absolute atomic E-state index is 0.0340. The molecular weight excluding hydrogens is 454 g/mol. The predicted octanol–water partition coefficient (Wildman–Crippen LogP) is 4.97. The Morgan fingerprint density at radius 1 is 1.03 bits per heavy atom. The Morgan fingerprint density at radius 3 is 2.56 bits per heavy atom. The molecule has 0 aliphatic heterocycles. The lowest BCUT2D eigenvalue weighted by atomic mass is 9.82. The molecule has 1 aliphatic rings. The third kappa shape index (κ3) is 5.12. The number of nitrogens with zero attached hydrogens (tertiary/aromatic N) is 3. The van der Waals surface area contributed by atoms with E-state index in [1.165, 1.54) is 16.9 Å². The molecule has 3 N–H and O–H groups in total. The van der Waals surface area contributed by atoms with Crippen LogP contribution in [0.15, 0.2) is 79.1 Å². The number of hydrogen-bond donors (Lipinski definition) is 3. The van der Waals surface area contributed by atoms with Crippen molar-refractivity contribution in [3.05, 3.63) is 95.9 Å². The van der Waals surface area contributed by atoms with E-state index in [4.69, 9.17) is 0 Å². The van der Waals surface area contributed by atoms with Crippen LogP contribution in [0.4, 0.5) is 10.5 Å². The number of carbonyl (C=O) groups is 2. The molecule has 2 aromatic heterocycles. The Labute approximate surface area is 209 Å². The van der Waals surface area contributed by atoms with Gasteiger partial charge in [0.05, 0.1) is 17.0 Å². The fourth-order valence-corrected chi connectivity index (χ4v) is 4.24. The van der Waals surface area contributed by atoms with Gasteiger partial charge in [0.1, 0.15) is 5.75 Å². The van der Waals surface area contributed by atoms with Crippen molar-refractivity contribution in [1.29, 1.82) is 0 Å². The van der Waals surface area contributed by atoms with Crippen molar-refractivity contribution in [3.8, 4) is 17.0 Å². The highest BCUT2D eigenvalue weighted by molar-refractivity contribution is 6.04. The van der Waals surface area contributed by atoms with Crippen LogP contribution in [0.2, 0.25) is 0 Å². The normalized spacial score (nSPS) is 13.1. The first kappa shape index (κ1) is 23.3. The van der Waals surface area contributed by atoms with E-state index in [9.17, 15) is 14.7 Å². The summed E-state index contributed by atoms with van der Waals surface area (Å²) in [6, 6.07) is 19.8. The van der Waals surface area contributed by atoms with Gasteiger partial charge in [-0.3, -0.25) is 9.78 Å². The van der Waals surface area contributed by atoms with Gasteiger partial charge in [-0.05, 0) is 55.2 Å². The Balaban J connectivity index is 1.33. The molecule has 5 rings (SSSR count). The Morgan fingerprint density at radius 2 is 1.86 bits per heavy atom. The number of aromatic hydroxyl groups is 1. The van der Waals surface area contributed by atoms with Gasteiger partial charge in [0.2, 0.25) is 0 Å². The van der Waals surface area contributed by atoms with Gasteiger partial charge in [0.15, 0.2) is 0 Å². The van der Waals surface area contributed by atoms with Crippen LogP contribution < -0.4 is 10.6 Å². The van der Waals surface area contributed by atoms with Gasteiger partial charge < -0.3 is 15.7 Å². The number of amides is 2. The molecule has 4 aromatic rings. The lowest BCUT2D eigenvalue weighted by Crippen LogP contribution is -2.33. The summed E-state index contributed by atoms with van der Waals surface area (Å²) in [5.41, 5.74) is 3.87. The van der Waals surface area contributed by atoms with Crippen LogP contribution in [-0.2, 0) is 6.42 Å². The summed E-state index contributed by atoms with van der Waals surface area (Å²) in [5, 5.41) is 21.0. The molecular formula is C28H27N5O3. The highest BCUT2D eigenvalue weighted by Crippen LogP contribution is 2.39. The van der Waals surface area contributed by atoms with E-state index < -0.39 is 0 Å². The Bertz CT molecular complexity index is 1360. The summed E-state index contributed by atoms with van der Waals surface area (Å²) < 4.78 is 1.43. The number of anilines is 1. The fraction of sp³-hybridized carbons (Fsp3) is 0.214. The van der Waals surface area contributed by atoms with Gasteiger partial charge >= 0.3 is 6.03 Å². The zero-order valence-electron chi connectivity index (χ0n) is 19.7. The molecule has 1 aliphatic carbocycles. The zero-order valence-corrected chi connectivity index (χ0v) is 19.7. The molecule has 0 spiro atoms. The molecule has 0 unspecified atom stereocenters. The second-order valence-corrected chi connectivity index (χ2v) is 8.89. The van der Waals surface area contributed by atoms with Crippen LogP contribution in [0.3, 0.4) is 0 Å². The number of pyridine rings is 1. The molecule has 2 amide bonds. The van der Waals surface area contributed by atoms with Crippen molar-refractivity contribution < 1.29 is 14.7 Å². The van der Waals surface area contributed by atoms with Gasteiger partial charge in [-0.1, -0.05) is 36.8 Å². The number of phenols is 1. The van der Waals surface area contributed by atoms with Crippen LogP contribution in [0.25, 0.3) is 11.3 Å². The first-order valence-corrected chi connectivity index (χ1v) is 12.1. The van der Waals surface area contributed by atoms with Crippen LogP contribution in [0.5, 0.6) is 5.75 Å². The monoisotopic (exact) mass is 481 g/mol. The molecule has 8 nitrogen and oxygen atoms in total. The topological polar surface area (TPSA) is 109 Å². The molecule has 182 valence electrons. The van der Waals surface area contributed by atoms with E-state index in [0.29, 0.717) is 29.1 Å². The largest absolute Gasteiger partial charge is 0.507 e. The van der Waals surface area contributed by atoms with Gasteiger partial charge in [-0.2, -0.15) is 9.78 Å². The van der Waals surface area contributed by atoms with Gasteiger partial charge in [-0.25, -0.2) is 4.79 Å². The van der Waals surface area contributed by atoms with Gasteiger partial charge in [0.25, 0.3) is 5.91 Å². The van der Waals surface area contributed by atoms with Crippen molar-refractivity contribution in [2.45, 2.75) is 31.6 Å². The number of hydrogen-bond acceptors (Lipinski definition) is 5. The first-order valence-electron chi connectivity index (χ1n) is 12.1. The van der Waals surface area contributed by atoms with E-state index in [0.717, 1.165) is 36.9 Å². The van der Waals surface area contributed by atoms with Crippen LogP contribution >= 0.6 is 0 Å². The molecule has 36 heavy (non-hydrogen) atoms. The van der Waals surface area contributed by atoms with E-state index in [2.05, 4.69) is 20.7 Å². The molecule has 1 saturated carbocycles. The maximum absolute atomic E-state index is 13.0. The van der Waals surface area contributed by atoms with Crippen molar-refractivity contribution in [1.82, 2.24) is 20.1 Å². The van der Waals surface area contributed by atoms with Crippen molar-refractivity contribution >= 4 is 17.6 Å². The third-order valence-electron chi connectivity index (χ3n) is 6.44. The Hall–Kier alpha value is -4.46. The number of phenolic OH excluding ortho intramolecular Hbond substituents is 1. The van der Waals surface area contributed by atoms with E-state index >= 15 is 0 Å². The lowest BCUT2D eigenvalue weighted by molar-refractivity contribution is 0.102. The molecule has 0 atom stereocenters. The summed E-state index contributed by atoms with van der Waals surface area (Å²) in [7, 11) is 0. The smallest absolute Gasteiger partial charge is 0.342 e. The second kappa shape index (κ2) is 10.4. The molecule has 1 fully saturated rings. The molecule has 0 bridgehead atoms. The summed E-state index contributed by atoms with van der Waals surface area (Å²) in [6.07, 6.45) is 6.94. The minimum Gasteiger partial charge on any atom is -0.507 e. The number of rotatable bonds is 7. The summed E-state index contributed by atoms with van der Waals surface area (Å²) >= 11 is 0. The van der Waals surface area contributed by atoms with E-state index in [-0.39, 0.29) is 23.6 Å². The fourth-order valence-electron chi connectivity index (χ4n) is 4.24. The van der Waals surface area contributed by atoms with Crippen LogP contribution in [-0.4, -0.2) is 38.4 Å². The molecule has 0 saturated heterocycles. The molecule has 2 aromatic carbocycles. The highest BCUT2D eigenvalue weighted by atomic mass is 16.3. The van der Waals surface area contributed by atoms with E-state index in [1.54, 1.807) is 30.5 Å². The van der Waals surface area contributed by atoms with Crippen LogP contribution in [0, 0.1) is 0 Å². The van der Waals surface area contributed by atoms with Gasteiger partial charge in [-0.15, -0.1) is 0 Å². The van der Waals surface area contributed by atoms with Crippen molar-refractivity contribution in [3.63, 3.8) is 0 Å². The number of aromatic nitrogens is 3. The van der Waals surface area contributed by atoms with Gasteiger partial charge in [0, 0.05) is 42.2 Å². The third-order valence-corrected chi connectivity index (χ3v) is 6.44. The standard InChI is InChI=1S/C28H27N5O3/c34-26-16-22(31-27(35)21-10-5-14-29-18-21)11-12-23(26)24-17-25(20-8-4-9-20)33(32-24)28(36)30-15-13-19-6-2-1-3-7-19/h1-3,5-7,10-12,14,16-18,20,34H,4,8-9,13,15H2,(H,30,36)(H,31,35). The molecule has 2 heterocycles. The predicted molar refractivity (Wildman–Crippen MR) is 137 cm³/mol. The number of nitrogens with one attached hydrogen (secondary N) is 2. The molecule has 0 radical (unpaired) electrons. The quantitative estimate of drug-likeness (QED) is 0.345. The Kier molecular flexibility index (Phi) is 6.75.